The van der Waals surface area contributed by atoms with Gasteiger partial charge in [-0.25, -0.2) is 4.79 Å². The fourth-order valence-electron chi connectivity index (χ4n) is 3.96. The summed E-state index contributed by atoms with van der Waals surface area (Å²) < 4.78 is 0. The minimum absolute atomic E-state index is 0.0533. The maximum absolute atomic E-state index is 13.0. The number of piperidine rings is 1. The summed E-state index contributed by atoms with van der Waals surface area (Å²) in [4.78, 5) is 29.6. The molecule has 1 fully saturated rings. The number of benzene rings is 1. The predicted molar refractivity (Wildman–Crippen MR) is 98.0 cm³/mol. The summed E-state index contributed by atoms with van der Waals surface area (Å²) in [7, 11) is 0. The zero-order valence-corrected chi connectivity index (χ0v) is 14.8. The standard InChI is InChI=1S/C19H26N4O2/c1-12-7-13(2)11-23(10-12)18(24)17(22-19(20)25)8-14-9-21-16-6-4-3-5-15(14)16/h3-6,9,12-13,17,21H,7-8,10-11H2,1-2H3,(H3,20,22,25). The number of fused-ring (bicyclic) bond motifs is 1. The molecule has 1 aliphatic heterocycles. The van der Waals surface area contributed by atoms with E-state index in [1.165, 1.54) is 0 Å². The topological polar surface area (TPSA) is 91.2 Å². The Hall–Kier alpha value is -2.50. The van der Waals surface area contributed by atoms with Gasteiger partial charge in [-0.2, -0.15) is 0 Å². The van der Waals surface area contributed by atoms with E-state index in [0.717, 1.165) is 36.0 Å². The Labute approximate surface area is 147 Å². The smallest absolute Gasteiger partial charge is 0.312 e. The molecule has 0 radical (unpaired) electrons. The van der Waals surface area contributed by atoms with Crippen LogP contribution in [-0.4, -0.2) is 41.0 Å². The fraction of sp³-hybridized carbons (Fsp3) is 0.474. The van der Waals surface area contributed by atoms with Crippen LogP contribution in [0.4, 0.5) is 4.79 Å². The number of carbonyl (C=O) groups is 2. The summed E-state index contributed by atoms with van der Waals surface area (Å²) >= 11 is 0. The highest BCUT2D eigenvalue weighted by atomic mass is 16.2. The molecule has 0 spiro atoms. The number of likely N-dealkylation sites (tertiary alicyclic amines) is 1. The molecular weight excluding hydrogens is 316 g/mol. The highest BCUT2D eigenvalue weighted by Gasteiger charge is 2.31. The fourth-order valence-corrected chi connectivity index (χ4v) is 3.96. The first kappa shape index (κ1) is 17.3. The average Bonchev–Trinajstić information content (AvgIpc) is 2.95. The van der Waals surface area contributed by atoms with Crippen molar-refractivity contribution in [2.75, 3.05) is 13.1 Å². The number of hydrogen-bond donors (Lipinski definition) is 3. The normalized spacial score (nSPS) is 21.9. The molecule has 1 aromatic carbocycles. The summed E-state index contributed by atoms with van der Waals surface area (Å²) in [5.74, 6) is 0.882. The molecule has 2 aromatic rings. The molecule has 1 saturated heterocycles. The summed E-state index contributed by atoms with van der Waals surface area (Å²) in [5.41, 5.74) is 7.35. The number of nitrogens with one attached hydrogen (secondary N) is 2. The van der Waals surface area contributed by atoms with Gasteiger partial charge in [-0.05, 0) is 29.9 Å². The Morgan fingerprint density at radius 3 is 2.64 bits per heavy atom. The Kier molecular flexibility index (Phi) is 4.97. The van der Waals surface area contributed by atoms with Gasteiger partial charge < -0.3 is 20.9 Å². The van der Waals surface area contributed by atoms with E-state index in [1.807, 2.05) is 35.4 Å². The Morgan fingerprint density at radius 2 is 1.96 bits per heavy atom. The van der Waals surface area contributed by atoms with Crippen LogP contribution >= 0.6 is 0 Å². The zero-order chi connectivity index (χ0) is 18.0. The molecule has 3 amide bonds. The molecule has 6 heteroatoms. The molecule has 3 unspecified atom stereocenters. The van der Waals surface area contributed by atoms with Crippen molar-refractivity contribution in [2.45, 2.75) is 32.7 Å². The van der Waals surface area contributed by atoms with Gasteiger partial charge in [0.25, 0.3) is 0 Å². The number of amides is 3. The van der Waals surface area contributed by atoms with Gasteiger partial charge >= 0.3 is 6.03 Å². The van der Waals surface area contributed by atoms with Crippen molar-refractivity contribution < 1.29 is 9.59 Å². The van der Waals surface area contributed by atoms with E-state index in [1.54, 1.807) is 0 Å². The molecule has 0 aliphatic carbocycles. The lowest BCUT2D eigenvalue weighted by Gasteiger charge is -2.37. The first-order valence-corrected chi connectivity index (χ1v) is 8.83. The number of carbonyl (C=O) groups excluding carboxylic acids is 2. The van der Waals surface area contributed by atoms with Gasteiger partial charge in [-0.3, -0.25) is 4.79 Å². The number of primary amides is 1. The summed E-state index contributed by atoms with van der Waals surface area (Å²) in [6.45, 7) is 5.78. The number of para-hydroxylation sites is 1. The maximum atomic E-state index is 13.0. The van der Waals surface area contributed by atoms with E-state index in [2.05, 4.69) is 24.1 Å². The van der Waals surface area contributed by atoms with Gasteiger partial charge in [0.2, 0.25) is 5.91 Å². The van der Waals surface area contributed by atoms with Crippen molar-refractivity contribution in [3.63, 3.8) is 0 Å². The summed E-state index contributed by atoms with van der Waals surface area (Å²) in [5, 5.41) is 3.71. The maximum Gasteiger partial charge on any atom is 0.312 e. The van der Waals surface area contributed by atoms with Gasteiger partial charge in [-0.15, -0.1) is 0 Å². The molecule has 3 rings (SSSR count). The SMILES string of the molecule is CC1CC(C)CN(C(=O)C(Cc2c[nH]c3ccccc23)NC(N)=O)C1. The van der Waals surface area contributed by atoms with Crippen molar-refractivity contribution in [1.82, 2.24) is 15.2 Å². The van der Waals surface area contributed by atoms with E-state index in [4.69, 9.17) is 5.73 Å². The van der Waals surface area contributed by atoms with Crippen LogP contribution in [0, 0.1) is 11.8 Å². The molecule has 6 nitrogen and oxygen atoms in total. The third-order valence-electron chi connectivity index (χ3n) is 4.89. The predicted octanol–water partition coefficient (Wildman–Crippen LogP) is 2.25. The van der Waals surface area contributed by atoms with E-state index >= 15 is 0 Å². The summed E-state index contributed by atoms with van der Waals surface area (Å²) in [6, 6.07) is 6.61. The van der Waals surface area contributed by atoms with E-state index in [0.29, 0.717) is 18.3 Å². The Bertz CT molecular complexity index is 760. The third-order valence-corrected chi connectivity index (χ3v) is 4.89. The second-order valence-electron chi connectivity index (χ2n) is 7.31. The number of urea groups is 1. The highest BCUT2D eigenvalue weighted by molar-refractivity contribution is 5.89. The Balaban J connectivity index is 1.81. The van der Waals surface area contributed by atoms with Crippen LogP contribution in [0.15, 0.2) is 30.5 Å². The van der Waals surface area contributed by atoms with Crippen LogP contribution < -0.4 is 11.1 Å². The minimum atomic E-state index is -0.670. The monoisotopic (exact) mass is 342 g/mol. The average molecular weight is 342 g/mol. The van der Waals surface area contributed by atoms with Crippen LogP contribution in [-0.2, 0) is 11.2 Å². The van der Waals surface area contributed by atoms with Gasteiger partial charge in [-0.1, -0.05) is 32.0 Å². The van der Waals surface area contributed by atoms with E-state index in [-0.39, 0.29) is 5.91 Å². The van der Waals surface area contributed by atoms with Crippen LogP contribution in [0.5, 0.6) is 0 Å². The Morgan fingerprint density at radius 1 is 1.28 bits per heavy atom. The van der Waals surface area contributed by atoms with Crippen LogP contribution in [0.2, 0.25) is 0 Å². The second kappa shape index (κ2) is 7.17. The van der Waals surface area contributed by atoms with Crippen molar-refractivity contribution in [2.24, 2.45) is 17.6 Å². The zero-order valence-electron chi connectivity index (χ0n) is 14.8. The molecule has 134 valence electrons. The lowest BCUT2D eigenvalue weighted by atomic mass is 9.91. The van der Waals surface area contributed by atoms with E-state index < -0.39 is 12.1 Å². The number of nitrogens with zero attached hydrogens (tertiary/aromatic N) is 1. The first-order valence-electron chi connectivity index (χ1n) is 8.83. The molecule has 3 atom stereocenters. The van der Waals surface area contributed by atoms with Crippen molar-refractivity contribution in [3.05, 3.63) is 36.0 Å². The van der Waals surface area contributed by atoms with E-state index in [9.17, 15) is 9.59 Å². The molecule has 2 heterocycles. The van der Waals surface area contributed by atoms with Crippen molar-refractivity contribution >= 4 is 22.8 Å². The van der Waals surface area contributed by atoms with Crippen LogP contribution in [0.1, 0.15) is 25.8 Å². The lowest BCUT2D eigenvalue weighted by Crippen LogP contribution is -2.54. The number of hydrogen-bond acceptors (Lipinski definition) is 2. The molecule has 1 aliphatic rings. The molecular formula is C19H26N4O2. The number of aromatic nitrogens is 1. The van der Waals surface area contributed by atoms with Crippen LogP contribution in [0.3, 0.4) is 0 Å². The lowest BCUT2D eigenvalue weighted by molar-refractivity contribution is -0.135. The molecule has 0 bridgehead atoms. The number of nitrogens with two attached hydrogens (primary N) is 1. The molecule has 1 aromatic heterocycles. The second-order valence-corrected chi connectivity index (χ2v) is 7.31. The van der Waals surface area contributed by atoms with Crippen LogP contribution in [0.25, 0.3) is 10.9 Å². The molecule has 25 heavy (non-hydrogen) atoms. The molecule has 4 N–H and O–H groups in total. The summed E-state index contributed by atoms with van der Waals surface area (Å²) in [6.07, 6.45) is 3.44. The van der Waals surface area contributed by atoms with Gasteiger partial charge in [0.05, 0.1) is 0 Å². The number of aromatic amines is 1. The minimum Gasteiger partial charge on any atom is -0.361 e. The highest BCUT2D eigenvalue weighted by Crippen LogP contribution is 2.23. The first-order chi connectivity index (χ1) is 11.9. The largest absolute Gasteiger partial charge is 0.361 e. The molecule has 0 saturated carbocycles. The third kappa shape index (κ3) is 3.95. The van der Waals surface area contributed by atoms with Gasteiger partial charge in [0.15, 0.2) is 0 Å². The van der Waals surface area contributed by atoms with Gasteiger partial charge in [0, 0.05) is 36.6 Å². The van der Waals surface area contributed by atoms with Crippen molar-refractivity contribution in [1.29, 1.82) is 0 Å². The quantitative estimate of drug-likeness (QED) is 0.795. The van der Waals surface area contributed by atoms with Gasteiger partial charge in [0.1, 0.15) is 6.04 Å². The van der Waals surface area contributed by atoms with Crippen molar-refractivity contribution in [3.8, 4) is 0 Å². The number of rotatable bonds is 4. The number of H-pyrrole nitrogens is 1.